The van der Waals surface area contributed by atoms with Gasteiger partial charge in [0, 0.05) is 5.92 Å². The number of hydrogen-bond donors (Lipinski definition) is 1. The van der Waals surface area contributed by atoms with Gasteiger partial charge in [0.05, 0.1) is 5.92 Å². The van der Waals surface area contributed by atoms with Gasteiger partial charge in [-0.1, -0.05) is 13.8 Å². The lowest BCUT2D eigenvalue weighted by molar-refractivity contribution is -0.146. The maximum absolute atomic E-state index is 11.0. The lowest BCUT2D eigenvalue weighted by Gasteiger charge is -2.18. The fraction of sp³-hybridized carbons (Fsp3) is 0.778. The molecule has 0 amide bonds. The molecule has 0 unspecified atom stereocenters. The van der Waals surface area contributed by atoms with Crippen LogP contribution in [0.15, 0.2) is 0 Å². The van der Waals surface area contributed by atoms with Crippen LogP contribution in [-0.4, -0.2) is 16.9 Å². The molecule has 0 saturated heterocycles. The highest BCUT2D eigenvalue weighted by molar-refractivity contribution is 5.84. The first kappa shape index (κ1) is 11.1. The molecule has 0 rings (SSSR count). The summed E-state index contributed by atoms with van der Waals surface area (Å²) in [5, 5.41) is 8.77. The van der Waals surface area contributed by atoms with Crippen molar-refractivity contribution in [2.45, 2.75) is 33.6 Å². The van der Waals surface area contributed by atoms with Crippen molar-refractivity contribution in [2.75, 3.05) is 0 Å². The van der Waals surface area contributed by atoms with E-state index in [0.717, 1.165) is 0 Å². The molecule has 0 aliphatic rings. The van der Waals surface area contributed by atoms with E-state index >= 15 is 0 Å². The zero-order valence-corrected chi connectivity index (χ0v) is 7.83. The molecule has 0 spiro atoms. The number of hydrogen-bond acceptors (Lipinski definition) is 2. The Labute approximate surface area is 72.8 Å². The number of aliphatic carboxylic acids is 1. The predicted octanol–water partition coefficient (Wildman–Crippen LogP) is 1.71. The molecule has 0 aromatic rings. The maximum atomic E-state index is 11.0. The van der Waals surface area contributed by atoms with E-state index in [0.29, 0.717) is 12.8 Å². The van der Waals surface area contributed by atoms with Crippen LogP contribution in [0.1, 0.15) is 33.6 Å². The van der Waals surface area contributed by atoms with Gasteiger partial charge in [0.25, 0.3) is 0 Å². The fourth-order valence-corrected chi connectivity index (χ4v) is 1.49. The van der Waals surface area contributed by atoms with Gasteiger partial charge in [0.15, 0.2) is 0 Å². The normalized spacial score (nSPS) is 15.2. The molecule has 2 atom stereocenters. The highest BCUT2D eigenvalue weighted by Crippen LogP contribution is 2.20. The number of carbonyl (C=O) groups is 2. The average Bonchev–Trinajstić information content (AvgIpc) is 1.98. The number of rotatable bonds is 5. The lowest BCUT2D eigenvalue weighted by atomic mass is 9.85. The van der Waals surface area contributed by atoms with E-state index < -0.39 is 11.9 Å². The van der Waals surface area contributed by atoms with Crippen LogP contribution in [0, 0.1) is 11.8 Å². The van der Waals surface area contributed by atoms with E-state index in [1.807, 2.05) is 6.92 Å². The number of carboxylic acids is 1. The van der Waals surface area contributed by atoms with E-state index in [4.69, 9.17) is 5.11 Å². The Kier molecular flexibility index (Phi) is 4.55. The van der Waals surface area contributed by atoms with E-state index in [2.05, 4.69) is 0 Å². The molecule has 12 heavy (non-hydrogen) atoms. The van der Waals surface area contributed by atoms with Gasteiger partial charge in [-0.3, -0.25) is 9.59 Å². The molecule has 3 nitrogen and oxygen atoms in total. The Morgan fingerprint density at radius 3 is 1.67 bits per heavy atom. The Balaban J connectivity index is 4.44. The van der Waals surface area contributed by atoms with Crippen LogP contribution in [-0.2, 0) is 9.59 Å². The first-order valence-electron chi connectivity index (χ1n) is 4.27. The van der Waals surface area contributed by atoms with Crippen molar-refractivity contribution < 1.29 is 14.7 Å². The van der Waals surface area contributed by atoms with Crippen LogP contribution >= 0.6 is 0 Å². The summed E-state index contributed by atoms with van der Waals surface area (Å²) in [7, 11) is 0. The van der Waals surface area contributed by atoms with Crippen molar-refractivity contribution in [1.82, 2.24) is 0 Å². The molecular formula is C9H16O3. The van der Waals surface area contributed by atoms with Gasteiger partial charge in [0.1, 0.15) is 5.78 Å². The minimum Gasteiger partial charge on any atom is -0.481 e. The second kappa shape index (κ2) is 4.91. The minimum absolute atomic E-state index is 0.0215. The maximum Gasteiger partial charge on any atom is 0.307 e. The molecule has 0 saturated carbocycles. The second-order valence-corrected chi connectivity index (χ2v) is 2.98. The van der Waals surface area contributed by atoms with Crippen molar-refractivity contribution >= 4 is 11.8 Å². The van der Waals surface area contributed by atoms with Crippen LogP contribution in [0.3, 0.4) is 0 Å². The summed E-state index contributed by atoms with van der Waals surface area (Å²) in [6.07, 6.45) is 1.13. The molecule has 0 aromatic heterocycles. The van der Waals surface area contributed by atoms with Crippen molar-refractivity contribution in [3.8, 4) is 0 Å². The van der Waals surface area contributed by atoms with Gasteiger partial charge in [-0.15, -0.1) is 0 Å². The molecule has 0 bridgehead atoms. The van der Waals surface area contributed by atoms with Gasteiger partial charge < -0.3 is 5.11 Å². The number of carbonyl (C=O) groups excluding carboxylic acids is 1. The highest BCUT2D eigenvalue weighted by atomic mass is 16.4. The first-order valence-corrected chi connectivity index (χ1v) is 4.27. The van der Waals surface area contributed by atoms with Gasteiger partial charge in [-0.05, 0) is 19.8 Å². The molecular weight excluding hydrogens is 156 g/mol. The van der Waals surface area contributed by atoms with Crippen LogP contribution in [0.25, 0.3) is 0 Å². The third-order valence-electron chi connectivity index (χ3n) is 2.20. The SMILES string of the molecule is CC[C@H](C(=O)O)[C@@H](CC)C(C)=O. The van der Waals surface area contributed by atoms with Gasteiger partial charge in [0.2, 0.25) is 0 Å². The van der Waals surface area contributed by atoms with E-state index in [1.54, 1.807) is 6.92 Å². The third kappa shape index (κ3) is 2.64. The van der Waals surface area contributed by atoms with Crippen molar-refractivity contribution in [3.63, 3.8) is 0 Å². The lowest BCUT2D eigenvalue weighted by Crippen LogP contribution is -2.27. The summed E-state index contributed by atoms with van der Waals surface area (Å²) >= 11 is 0. The first-order chi connectivity index (χ1) is 5.54. The molecule has 70 valence electrons. The Hall–Kier alpha value is -0.860. The number of ketones is 1. The minimum atomic E-state index is -0.862. The molecule has 3 heteroatoms. The van der Waals surface area contributed by atoms with Crippen molar-refractivity contribution in [3.05, 3.63) is 0 Å². The van der Waals surface area contributed by atoms with Gasteiger partial charge in [-0.2, -0.15) is 0 Å². The third-order valence-corrected chi connectivity index (χ3v) is 2.20. The molecule has 0 aromatic carbocycles. The smallest absolute Gasteiger partial charge is 0.307 e. The molecule has 0 heterocycles. The monoisotopic (exact) mass is 172 g/mol. The number of Topliss-reactive ketones (excluding diaryl/α,β-unsaturated/α-hetero) is 1. The zero-order chi connectivity index (χ0) is 9.72. The molecule has 1 N–H and O–H groups in total. The topological polar surface area (TPSA) is 54.4 Å². The Morgan fingerprint density at radius 2 is 1.58 bits per heavy atom. The summed E-state index contributed by atoms with van der Waals surface area (Å²) in [6, 6.07) is 0. The summed E-state index contributed by atoms with van der Waals surface area (Å²) in [4.78, 5) is 21.7. The fourth-order valence-electron chi connectivity index (χ4n) is 1.49. The van der Waals surface area contributed by atoms with E-state index in [-0.39, 0.29) is 11.7 Å². The van der Waals surface area contributed by atoms with E-state index in [1.165, 1.54) is 6.92 Å². The van der Waals surface area contributed by atoms with Gasteiger partial charge in [-0.25, -0.2) is 0 Å². The number of carboxylic acid groups (broad SMARTS) is 1. The summed E-state index contributed by atoms with van der Waals surface area (Å²) in [5.74, 6) is -1.70. The molecule has 0 aliphatic carbocycles. The van der Waals surface area contributed by atoms with Crippen LogP contribution in [0.5, 0.6) is 0 Å². The summed E-state index contributed by atoms with van der Waals surface area (Å²) in [5.41, 5.74) is 0. The predicted molar refractivity (Wildman–Crippen MR) is 45.9 cm³/mol. The molecule has 0 aliphatic heterocycles. The largest absolute Gasteiger partial charge is 0.481 e. The Morgan fingerprint density at radius 1 is 1.17 bits per heavy atom. The van der Waals surface area contributed by atoms with Crippen LogP contribution in [0.2, 0.25) is 0 Å². The molecule has 0 radical (unpaired) electrons. The summed E-state index contributed by atoms with van der Waals surface area (Å²) in [6.45, 7) is 5.10. The average molecular weight is 172 g/mol. The van der Waals surface area contributed by atoms with Gasteiger partial charge >= 0.3 is 5.97 Å². The Bertz CT molecular complexity index is 155. The van der Waals surface area contributed by atoms with E-state index in [9.17, 15) is 9.59 Å². The second-order valence-electron chi connectivity index (χ2n) is 2.98. The van der Waals surface area contributed by atoms with Crippen molar-refractivity contribution in [1.29, 1.82) is 0 Å². The molecule has 0 fully saturated rings. The zero-order valence-electron chi connectivity index (χ0n) is 7.83. The highest BCUT2D eigenvalue weighted by Gasteiger charge is 2.28. The standard InChI is InChI=1S/C9H16O3/c1-4-7(6(3)10)8(5-2)9(11)12/h7-8H,4-5H2,1-3H3,(H,11,12)/t7-,8-/m0/s1. The van der Waals surface area contributed by atoms with Crippen LogP contribution in [0.4, 0.5) is 0 Å². The summed E-state index contributed by atoms with van der Waals surface area (Å²) < 4.78 is 0. The van der Waals surface area contributed by atoms with Crippen molar-refractivity contribution in [2.24, 2.45) is 11.8 Å². The van der Waals surface area contributed by atoms with Crippen LogP contribution < -0.4 is 0 Å². The quantitative estimate of drug-likeness (QED) is 0.686.